The summed E-state index contributed by atoms with van der Waals surface area (Å²) in [7, 11) is 0.168. The molecule has 0 unspecified atom stereocenters. The summed E-state index contributed by atoms with van der Waals surface area (Å²) in [5.74, 6) is 0. The average molecular weight is 566 g/mol. The van der Waals surface area contributed by atoms with E-state index in [0.29, 0.717) is 0 Å². The van der Waals surface area contributed by atoms with E-state index in [1.807, 2.05) is 40.9 Å². The zero-order valence-corrected chi connectivity index (χ0v) is 26.6. The Morgan fingerprint density at radius 2 is 1.00 bits per heavy atom. The van der Waals surface area contributed by atoms with Crippen LogP contribution in [0.4, 0.5) is 0 Å². The molecule has 192 valence electrons. The second-order valence-corrected chi connectivity index (χ2v) is 14.0. The van der Waals surface area contributed by atoms with Gasteiger partial charge in [0.25, 0.3) is 0 Å². The van der Waals surface area contributed by atoms with Crippen molar-refractivity contribution < 1.29 is 26.2 Å². The van der Waals surface area contributed by atoms with Crippen molar-refractivity contribution in [1.82, 2.24) is 0 Å². The number of rotatable bonds is 18. The molecule has 0 atom stereocenters. The van der Waals surface area contributed by atoms with Crippen LogP contribution in [0.2, 0.25) is 0 Å². The maximum atomic E-state index is 2.54. The minimum atomic E-state index is 0. The van der Waals surface area contributed by atoms with Gasteiger partial charge in [0.1, 0.15) is 0 Å². The molecule has 0 saturated carbocycles. The van der Waals surface area contributed by atoms with Gasteiger partial charge in [-0.05, 0) is 50.3 Å². The first kappa shape index (κ1) is 33.4. The Kier molecular flexibility index (Phi) is 24.5. The van der Waals surface area contributed by atoms with Crippen LogP contribution in [0.5, 0.6) is 0 Å². The van der Waals surface area contributed by atoms with Crippen LogP contribution in [0.25, 0.3) is 0 Å². The Morgan fingerprint density at radius 3 is 1.39 bits per heavy atom. The van der Waals surface area contributed by atoms with Gasteiger partial charge in [-0.1, -0.05) is 79.1 Å². The van der Waals surface area contributed by atoms with E-state index >= 15 is 0 Å². The Balaban J connectivity index is 0.00000150. The molecule has 0 nitrogen and oxygen atoms in total. The molecule has 2 aromatic carbocycles. The molecular weight excluding hydrogens is 514 g/mol. The number of hydrogen-bond acceptors (Lipinski definition) is 0. The standard InChI is InChI=1S/C25H47P2.C5H5.Zr/c1-5-9-13-20-26(21-14-10-6-2)24-18-17-19-25(24)27(22-15-11-7-3)23-16-12-8-4;1-2-4-5-3-1;/h17-19H,5-16,20-23H2,1-4H3;1-5H;/q-1;-5;. The quantitative estimate of drug-likeness (QED) is 0.0958. The Morgan fingerprint density at radius 1 is 0.606 bits per heavy atom. The van der Waals surface area contributed by atoms with Gasteiger partial charge in [0.15, 0.2) is 0 Å². The molecular formula is C30H52P2Zr-6. The van der Waals surface area contributed by atoms with Crippen molar-refractivity contribution >= 4 is 26.5 Å². The van der Waals surface area contributed by atoms with E-state index < -0.39 is 0 Å². The van der Waals surface area contributed by atoms with Crippen LogP contribution < -0.4 is 10.6 Å². The van der Waals surface area contributed by atoms with Crippen LogP contribution >= 0.6 is 15.8 Å². The maximum absolute atomic E-state index is 2.54. The van der Waals surface area contributed by atoms with Gasteiger partial charge < -0.3 is 30.3 Å². The summed E-state index contributed by atoms with van der Waals surface area (Å²) < 4.78 is 0. The molecule has 0 spiro atoms. The van der Waals surface area contributed by atoms with Gasteiger partial charge in [-0.2, -0.15) is 6.07 Å². The maximum Gasteiger partial charge on any atom is 0 e. The molecule has 33 heavy (non-hydrogen) atoms. The predicted octanol–water partition coefficient (Wildman–Crippen LogP) is 9.78. The normalized spacial score (nSPS) is 10.8. The average Bonchev–Trinajstić information content (AvgIpc) is 3.53. The Hall–Kier alpha value is 0.443. The fourth-order valence-corrected chi connectivity index (χ4v) is 10.2. The molecule has 0 aromatic heterocycles. The van der Waals surface area contributed by atoms with Crippen LogP contribution in [0, 0.1) is 0 Å². The number of unbranched alkanes of at least 4 members (excludes halogenated alkanes) is 8. The summed E-state index contributed by atoms with van der Waals surface area (Å²) in [6.07, 6.45) is 22.8. The molecule has 0 fully saturated rings. The van der Waals surface area contributed by atoms with Crippen molar-refractivity contribution in [3.63, 3.8) is 0 Å². The van der Waals surface area contributed by atoms with Crippen molar-refractivity contribution in [1.29, 1.82) is 0 Å². The smallest absolute Gasteiger partial charge is 0 e. The Labute approximate surface area is 229 Å². The third-order valence-corrected chi connectivity index (χ3v) is 11.9. The van der Waals surface area contributed by atoms with Crippen molar-refractivity contribution in [2.45, 2.75) is 105 Å². The first-order valence-corrected chi connectivity index (χ1v) is 17.1. The fraction of sp³-hybridized carbons (Fsp3) is 0.667. The van der Waals surface area contributed by atoms with Crippen molar-refractivity contribution in [2.75, 3.05) is 24.6 Å². The first-order valence-electron chi connectivity index (χ1n) is 13.7. The number of hydrogen-bond donors (Lipinski definition) is 0. The zero-order valence-electron chi connectivity index (χ0n) is 22.3. The largest absolute Gasteiger partial charge is 0.748 e. The van der Waals surface area contributed by atoms with Crippen LogP contribution in [0.3, 0.4) is 0 Å². The minimum Gasteiger partial charge on any atom is -0.748 e. The molecule has 0 aliphatic rings. The summed E-state index contributed by atoms with van der Waals surface area (Å²) >= 11 is 0. The van der Waals surface area contributed by atoms with Gasteiger partial charge in [0.05, 0.1) is 0 Å². The molecule has 0 N–H and O–H groups in total. The molecule has 0 heterocycles. The van der Waals surface area contributed by atoms with Crippen LogP contribution in [-0.4, -0.2) is 24.6 Å². The van der Waals surface area contributed by atoms with E-state index in [2.05, 4.69) is 45.9 Å². The fourth-order valence-electron chi connectivity index (χ4n) is 4.17. The van der Waals surface area contributed by atoms with Gasteiger partial charge in [-0.15, -0.1) is 26.5 Å². The van der Waals surface area contributed by atoms with Crippen LogP contribution in [0.15, 0.2) is 48.5 Å². The van der Waals surface area contributed by atoms with Gasteiger partial charge in [-0.25, -0.2) is 12.1 Å². The molecule has 2 aromatic rings. The second-order valence-electron chi connectivity index (χ2n) is 9.06. The van der Waals surface area contributed by atoms with Crippen LogP contribution in [0.1, 0.15) is 105 Å². The van der Waals surface area contributed by atoms with Crippen molar-refractivity contribution in [2.24, 2.45) is 0 Å². The molecule has 0 bridgehead atoms. The van der Waals surface area contributed by atoms with Gasteiger partial charge in [0, 0.05) is 26.2 Å². The van der Waals surface area contributed by atoms with E-state index in [1.165, 1.54) is 102 Å². The molecule has 0 amide bonds. The summed E-state index contributed by atoms with van der Waals surface area (Å²) in [5.41, 5.74) is 0. The summed E-state index contributed by atoms with van der Waals surface area (Å²) in [6, 6.07) is 17.5. The molecule has 2 rings (SSSR count). The Bertz CT molecular complexity index is 529. The van der Waals surface area contributed by atoms with E-state index in [-0.39, 0.29) is 42.0 Å². The van der Waals surface area contributed by atoms with Crippen molar-refractivity contribution in [3.05, 3.63) is 48.5 Å². The summed E-state index contributed by atoms with van der Waals surface area (Å²) in [4.78, 5) is 0. The topological polar surface area (TPSA) is 0 Å². The van der Waals surface area contributed by atoms with Gasteiger partial charge in [-0.3, -0.25) is 0 Å². The summed E-state index contributed by atoms with van der Waals surface area (Å²) in [5, 5.41) is 3.66. The second kappa shape index (κ2) is 24.2. The molecule has 0 aliphatic carbocycles. The van der Waals surface area contributed by atoms with Crippen molar-refractivity contribution in [3.8, 4) is 0 Å². The molecule has 0 radical (unpaired) electrons. The van der Waals surface area contributed by atoms with Gasteiger partial charge in [0.2, 0.25) is 0 Å². The van der Waals surface area contributed by atoms with E-state index in [4.69, 9.17) is 0 Å². The van der Waals surface area contributed by atoms with E-state index in [9.17, 15) is 0 Å². The van der Waals surface area contributed by atoms with E-state index in [0.717, 1.165) is 0 Å². The first-order chi connectivity index (χ1) is 15.8. The molecule has 3 heteroatoms. The minimum absolute atomic E-state index is 0. The SMILES string of the molecule is CCCCCP(CCCCC)c1ccc[c-]1P(CCCCC)CCCCC.[Zr].[cH-]1[cH-][cH-][cH-][cH-]1. The predicted molar refractivity (Wildman–Crippen MR) is 155 cm³/mol. The molecule has 0 saturated heterocycles. The zero-order chi connectivity index (χ0) is 23.3. The van der Waals surface area contributed by atoms with Gasteiger partial charge >= 0.3 is 0 Å². The van der Waals surface area contributed by atoms with E-state index in [1.54, 1.807) is 0 Å². The van der Waals surface area contributed by atoms with Crippen LogP contribution in [-0.2, 0) is 26.2 Å². The monoisotopic (exact) mass is 564 g/mol. The third-order valence-electron chi connectivity index (χ3n) is 6.13. The third kappa shape index (κ3) is 15.9. The summed E-state index contributed by atoms with van der Waals surface area (Å²) in [6.45, 7) is 9.37. The molecule has 0 aliphatic heterocycles.